The summed E-state index contributed by atoms with van der Waals surface area (Å²) in [5.41, 5.74) is 1.14. The first-order chi connectivity index (χ1) is 9.45. The van der Waals surface area contributed by atoms with E-state index in [1.165, 1.54) is 0 Å². The lowest BCUT2D eigenvalue weighted by atomic mass is 10.1. The molecule has 6 heteroatoms. The Labute approximate surface area is 126 Å². The van der Waals surface area contributed by atoms with Gasteiger partial charge in [0.15, 0.2) is 0 Å². The number of thioether (sulfide) groups is 1. The first-order valence-corrected chi connectivity index (χ1v) is 9.64. The third kappa shape index (κ3) is 6.26. The Bertz CT molecular complexity index is 484. The second kappa shape index (κ2) is 8.67. The number of hydrogen-bond acceptors (Lipinski definition) is 4. The van der Waals surface area contributed by atoms with Gasteiger partial charge in [0, 0.05) is 18.3 Å². The van der Waals surface area contributed by atoms with Gasteiger partial charge in [0.2, 0.25) is 10.0 Å². The summed E-state index contributed by atoms with van der Waals surface area (Å²) in [5, 5.41) is 3.34. The molecule has 0 saturated carbocycles. The molecule has 2 N–H and O–H groups in total. The molecular weight excluding hydrogens is 292 g/mol. The van der Waals surface area contributed by atoms with E-state index < -0.39 is 10.0 Å². The summed E-state index contributed by atoms with van der Waals surface area (Å²) in [5.74, 6) is 0.776. The highest BCUT2D eigenvalue weighted by atomic mass is 32.2. The predicted octanol–water partition coefficient (Wildman–Crippen LogP) is 1.87. The Morgan fingerprint density at radius 3 is 2.35 bits per heavy atom. The van der Waals surface area contributed by atoms with Crippen LogP contribution in [0.5, 0.6) is 0 Å². The zero-order valence-electron chi connectivity index (χ0n) is 12.3. The van der Waals surface area contributed by atoms with Crippen molar-refractivity contribution in [3.05, 3.63) is 29.8 Å². The van der Waals surface area contributed by atoms with Crippen molar-refractivity contribution in [3.63, 3.8) is 0 Å². The van der Waals surface area contributed by atoms with E-state index >= 15 is 0 Å². The lowest BCUT2D eigenvalue weighted by Crippen LogP contribution is -2.26. The summed E-state index contributed by atoms with van der Waals surface area (Å²) in [4.78, 5) is 0.333. The Hall–Kier alpha value is -0.560. The molecule has 0 aliphatic heterocycles. The SMILES string of the molecule is CSCCNS(=O)(=O)c1ccc(CCNC(C)C)cc1. The topological polar surface area (TPSA) is 58.2 Å². The molecule has 0 fully saturated rings. The highest BCUT2D eigenvalue weighted by molar-refractivity contribution is 7.98. The van der Waals surface area contributed by atoms with Crippen LogP contribution in [0.25, 0.3) is 0 Å². The molecular formula is C14H24N2O2S2. The molecule has 0 radical (unpaired) electrons. The van der Waals surface area contributed by atoms with Crippen LogP contribution in [0, 0.1) is 0 Å². The summed E-state index contributed by atoms with van der Waals surface area (Å²) in [6.07, 6.45) is 2.85. The summed E-state index contributed by atoms with van der Waals surface area (Å²) >= 11 is 1.62. The maximum atomic E-state index is 12.0. The average molecular weight is 316 g/mol. The van der Waals surface area contributed by atoms with E-state index in [0.29, 0.717) is 17.5 Å². The second-order valence-corrected chi connectivity index (χ2v) is 7.65. The molecule has 1 rings (SSSR count). The standard InChI is InChI=1S/C14H24N2O2S2/c1-12(2)15-9-8-13-4-6-14(7-5-13)20(17,18)16-10-11-19-3/h4-7,12,15-16H,8-11H2,1-3H3. The van der Waals surface area contributed by atoms with Crippen LogP contribution in [0.15, 0.2) is 29.2 Å². The van der Waals surface area contributed by atoms with Gasteiger partial charge in [-0.25, -0.2) is 13.1 Å². The zero-order valence-corrected chi connectivity index (χ0v) is 14.0. The highest BCUT2D eigenvalue weighted by Gasteiger charge is 2.12. The monoisotopic (exact) mass is 316 g/mol. The van der Waals surface area contributed by atoms with E-state index in [0.717, 1.165) is 24.3 Å². The molecule has 0 atom stereocenters. The molecule has 0 aromatic heterocycles. The Balaban J connectivity index is 2.56. The molecule has 0 aliphatic carbocycles. The van der Waals surface area contributed by atoms with E-state index in [4.69, 9.17) is 0 Å². The van der Waals surface area contributed by atoms with Crippen LogP contribution in [0.1, 0.15) is 19.4 Å². The average Bonchev–Trinajstić information content (AvgIpc) is 2.39. The number of sulfonamides is 1. The van der Waals surface area contributed by atoms with Crippen LogP contribution in [-0.2, 0) is 16.4 Å². The van der Waals surface area contributed by atoms with Crippen molar-refractivity contribution in [1.82, 2.24) is 10.0 Å². The number of benzene rings is 1. The minimum absolute atomic E-state index is 0.333. The second-order valence-electron chi connectivity index (χ2n) is 4.89. The van der Waals surface area contributed by atoms with Crippen LogP contribution in [0.3, 0.4) is 0 Å². The van der Waals surface area contributed by atoms with Crippen molar-refractivity contribution >= 4 is 21.8 Å². The lowest BCUT2D eigenvalue weighted by Gasteiger charge is -2.09. The van der Waals surface area contributed by atoms with Crippen LogP contribution in [0.2, 0.25) is 0 Å². The van der Waals surface area contributed by atoms with Gasteiger partial charge in [-0.15, -0.1) is 0 Å². The molecule has 0 bridgehead atoms. The summed E-state index contributed by atoms with van der Waals surface area (Å²) in [6.45, 7) is 5.57. The van der Waals surface area contributed by atoms with Gasteiger partial charge in [-0.3, -0.25) is 0 Å². The van der Waals surface area contributed by atoms with Gasteiger partial charge in [-0.1, -0.05) is 26.0 Å². The van der Waals surface area contributed by atoms with Crippen molar-refractivity contribution in [2.45, 2.75) is 31.2 Å². The quantitative estimate of drug-likeness (QED) is 0.683. The van der Waals surface area contributed by atoms with Crippen LogP contribution < -0.4 is 10.0 Å². The predicted molar refractivity (Wildman–Crippen MR) is 86.9 cm³/mol. The van der Waals surface area contributed by atoms with Crippen LogP contribution in [0.4, 0.5) is 0 Å². The van der Waals surface area contributed by atoms with Gasteiger partial charge in [0.1, 0.15) is 0 Å². The van der Waals surface area contributed by atoms with E-state index in [1.807, 2.05) is 18.4 Å². The van der Waals surface area contributed by atoms with Crippen molar-refractivity contribution < 1.29 is 8.42 Å². The Kier molecular flexibility index (Phi) is 7.58. The fraction of sp³-hybridized carbons (Fsp3) is 0.571. The Morgan fingerprint density at radius 1 is 1.15 bits per heavy atom. The van der Waals surface area contributed by atoms with Gasteiger partial charge in [-0.2, -0.15) is 11.8 Å². The van der Waals surface area contributed by atoms with E-state index in [9.17, 15) is 8.42 Å². The molecule has 0 aliphatic rings. The first-order valence-electron chi connectivity index (χ1n) is 6.76. The zero-order chi connectivity index (χ0) is 15.0. The van der Waals surface area contributed by atoms with E-state index in [-0.39, 0.29) is 0 Å². The number of nitrogens with one attached hydrogen (secondary N) is 2. The summed E-state index contributed by atoms with van der Waals surface area (Å²) < 4.78 is 26.6. The van der Waals surface area contributed by atoms with Crippen molar-refractivity contribution in [2.24, 2.45) is 0 Å². The maximum absolute atomic E-state index is 12.0. The largest absolute Gasteiger partial charge is 0.314 e. The van der Waals surface area contributed by atoms with Gasteiger partial charge in [0.25, 0.3) is 0 Å². The van der Waals surface area contributed by atoms with Gasteiger partial charge in [-0.05, 0) is 36.9 Å². The van der Waals surface area contributed by atoms with Gasteiger partial charge >= 0.3 is 0 Å². The summed E-state index contributed by atoms with van der Waals surface area (Å²) in [6, 6.07) is 7.57. The first kappa shape index (κ1) is 17.5. The summed E-state index contributed by atoms with van der Waals surface area (Å²) in [7, 11) is -3.36. The van der Waals surface area contributed by atoms with Gasteiger partial charge in [0.05, 0.1) is 4.90 Å². The smallest absolute Gasteiger partial charge is 0.240 e. The fourth-order valence-corrected chi connectivity index (χ4v) is 3.17. The molecule has 0 amide bonds. The molecule has 114 valence electrons. The fourth-order valence-electron chi connectivity index (χ4n) is 1.70. The molecule has 0 spiro atoms. The van der Waals surface area contributed by atoms with Crippen molar-refractivity contribution in [2.75, 3.05) is 25.1 Å². The van der Waals surface area contributed by atoms with Crippen LogP contribution in [-0.4, -0.2) is 39.6 Å². The van der Waals surface area contributed by atoms with E-state index in [1.54, 1.807) is 23.9 Å². The Morgan fingerprint density at radius 2 is 1.80 bits per heavy atom. The highest BCUT2D eigenvalue weighted by Crippen LogP contribution is 2.11. The van der Waals surface area contributed by atoms with Crippen molar-refractivity contribution in [1.29, 1.82) is 0 Å². The maximum Gasteiger partial charge on any atom is 0.240 e. The minimum atomic E-state index is -3.36. The van der Waals surface area contributed by atoms with Gasteiger partial charge < -0.3 is 5.32 Å². The molecule has 0 saturated heterocycles. The third-order valence-electron chi connectivity index (χ3n) is 2.80. The molecule has 1 aromatic carbocycles. The number of hydrogen-bond donors (Lipinski definition) is 2. The van der Waals surface area contributed by atoms with Crippen LogP contribution >= 0.6 is 11.8 Å². The third-order valence-corrected chi connectivity index (χ3v) is 4.89. The lowest BCUT2D eigenvalue weighted by molar-refractivity contribution is 0.584. The molecule has 4 nitrogen and oxygen atoms in total. The van der Waals surface area contributed by atoms with E-state index in [2.05, 4.69) is 23.9 Å². The molecule has 1 aromatic rings. The molecule has 20 heavy (non-hydrogen) atoms. The van der Waals surface area contributed by atoms with Crippen molar-refractivity contribution in [3.8, 4) is 0 Å². The number of rotatable bonds is 9. The molecule has 0 unspecified atom stereocenters. The molecule has 0 heterocycles. The normalized spacial score (nSPS) is 12.0. The minimum Gasteiger partial charge on any atom is -0.314 e.